The van der Waals surface area contributed by atoms with E-state index in [4.69, 9.17) is 0 Å². The Labute approximate surface area is 149 Å². The van der Waals surface area contributed by atoms with Gasteiger partial charge in [-0.05, 0) is 86.0 Å². The van der Waals surface area contributed by atoms with Crippen LogP contribution in [-0.4, -0.2) is 56.3 Å². The molecule has 4 aliphatic heterocycles. The first-order valence-electron chi connectivity index (χ1n) is 10.2. The van der Waals surface area contributed by atoms with Crippen molar-refractivity contribution >= 4 is 0 Å². The number of aliphatic hydroxyl groups is 1. The summed E-state index contributed by atoms with van der Waals surface area (Å²) in [5.41, 5.74) is 0.639. The Bertz CT molecular complexity index is 408. The van der Waals surface area contributed by atoms with Crippen LogP contribution in [0.25, 0.3) is 0 Å². The molecule has 140 valence electrons. The summed E-state index contributed by atoms with van der Waals surface area (Å²) in [6, 6.07) is 2.92. The highest BCUT2D eigenvalue weighted by molar-refractivity contribution is 5.05. The van der Waals surface area contributed by atoms with Crippen molar-refractivity contribution in [3.8, 4) is 0 Å². The summed E-state index contributed by atoms with van der Waals surface area (Å²) in [5, 5.41) is 9.71. The van der Waals surface area contributed by atoms with Gasteiger partial charge in [0.25, 0.3) is 0 Å². The second kappa shape index (κ2) is 6.25. The van der Waals surface area contributed by atoms with Crippen LogP contribution in [0.1, 0.15) is 87.0 Å². The lowest BCUT2D eigenvalue weighted by Gasteiger charge is -2.36. The van der Waals surface area contributed by atoms with Crippen molar-refractivity contribution in [3.63, 3.8) is 0 Å². The maximum absolute atomic E-state index is 9.71. The van der Waals surface area contributed by atoms with Crippen molar-refractivity contribution in [2.45, 2.75) is 128 Å². The fourth-order valence-electron chi connectivity index (χ4n) is 6.34. The van der Waals surface area contributed by atoms with Crippen molar-refractivity contribution in [2.24, 2.45) is 5.92 Å². The van der Waals surface area contributed by atoms with Gasteiger partial charge < -0.3 is 5.11 Å². The first-order chi connectivity index (χ1) is 11.0. The molecular weight excluding hydrogens is 296 g/mol. The van der Waals surface area contributed by atoms with E-state index in [0.29, 0.717) is 17.6 Å². The molecule has 4 aliphatic rings. The molecule has 1 N–H and O–H groups in total. The van der Waals surface area contributed by atoms with Crippen LogP contribution in [-0.2, 0) is 0 Å². The minimum atomic E-state index is -0.0528. The van der Waals surface area contributed by atoms with Gasteiger partial charge in [-0.25, -0.2) is 0 Å². The normalized spacial score (nSPS) is 42.5. The number of rotatable bonds is 0. The van der Waals surface area contributed by atoms with Gasteiger partial charge in [-0.15, -0.1) is 0 Å². The molecule has 4 bridgehead atoms. The van der Waals surface area contributed by atoms with Crippen LogP contribution in [0, 0.1) is 5.92 Å². The number of fused-ring (bicyclic) bond motifs is 4. The molecular formula is C21H40N2O. The van der Waals surface area contributed by atoms with Gasteiger partial charge >= 0.3 is 0 Å². The second-order valence-corrected chi connectivity index (χ2v) is 10.8. The third-order valence-corrected chi connectivity index (χ3v) is 6.90. The minimum Gasteiger partial charge on any atom is -0.391 e. The fourth-order valence-corrected chi connectivity index (χ4v) is 6.34. The lowest BCUT2D eigenvalue weighted by molar-refractivity contribution is 0.0737. The predicted octanol–water partition coefficient (Wildman–Crippen LogP) is 4.04. The van der Waals surface area contributed by atoms with Gasteiger partial charge in [0.1, 0.15) is 0 Å². The smallest absolute Gasteiger partial charge is 0.0710 e. The molecule has 4 heterocycles. The molecule has 0 saturated carbocycles. The molecule has 0 aromatic carbocycles. The van der Waals surface area contributed by atoms with Gasteiger partial charge in [0, 0.05) is 35.2 Å². The van der Waals surface area contributed by atoms with Crippen LogP contribution in [0.15, 0.2) is 0 Å². The Hall–Kier alpha value is -0.120. The predicted molar refractivity (Wildman–Crippen MR) is 101 cm³/mol. The standard InChI is InChI=1S/C11H21N.C10H19NO/c1-8-7-9-5-6-10(8)12(9)11(2,3)4;1-10(2,3)11-7-4-5-8(11)9(12)6-7/h8-10H,5-7H2,1-4H3;7-9,12H,4-6H2,1-3H3. The van der Waals surface area contributed by atoms with Crippen molar-refractivity contribution < 1.29 is 5.11 Å². The summed E-state index contributed by atoms with van der Waals surface area (Å²) in [5.74, 6) is 0.947. The number of hydrogen-bond acceptors (Lipinski definition) is 3. The largest absolute Gasteiger partial charge is 0.391 e. The monoisotopic (exact) mass is 336 g/mol. The highest BCUT2D eigenvalue weighted by atomic mass is 16.3. The maximum Gasteiger partial charge on any atom is 0.0710 e. The molecule has 4 saturated heterocycles. The molecule has 24 heavy (non-hydrogen) atoms. The molecule has 6 atom stereocenters. The Morgan fingerprint density at radius 3 is 1.38 bits per heavy atom. The topological polar surface area (TPSA) is 26.7 Å². The fraction of sp³-hybridized carbons (Fsp3) is 1.00. The van der Waals surface area contributed by atoms with E-state index in [1.54, 1.807) is 0 Å². The number of hydrogen-bond donors (Lipinski definition) is 1. The zero-order valence-electron chi connectivity index (χ0n) is 17.0. The summed E-state index contributed by atoms with van der Waals surface area (Å²) in [4.78, 5) is 5.27. The summed E-state index contributed by atoms with van der Waals surface area (Å²) in [7, 11) is 0. The summed E-state index contributed by atoms with van der Waals surface area (Å²) in [6.07, 6.45) is 7.78. The van der Waals surface area contributed by atoms with Crippen molar-refractivity contribution in [3.05, 3.63) is 0 Å². The Morgan fingerprint density at radius 1 is 0.708 bits per heavy atom. The van der Waals surface area contributed by atoms with Crippen LogP contribution in [0.3, 0.4) is 0 Å². The SMILES string of the molecule is CC(C)(C)N1C2CCC1C(O)C2.CC1CC2CCC1N2C(C)(C)C. The average molecular weight is 337 g/mol. The van der Waals surface area contributed by atoms with Crippen molar-refractivity contribution in [1.82, 2.24) is 9.80 Å². The van der Waals surface area contributed by atoms with Gasteiger partial charge in [0.2, 0.25) is 0 Å². The summed E-state index contributed by atoms with van der Waals surface area (Å²) in [6.45, 7) is 16.2. The first-order valence-corrected chi connectivity index (χ1v) is 10.2. The van der Waals surface area contributed by atoms with Crippen LogP contribution in [0.4, 0.5) is 0 Å². The zero-order valence-corrected chi connectivity index (χ0v) is 17.0. The van der Waals surface area contributed by atoms with Crippen molar-refractivity contribution in [2.75, 3.05) is 0 Å². The van der Waals surface area contributed by atoms with E-state index in [1.165, 1.54) is 32.1 Å². The van der Waals surface area contributed by atoms with Gasteiger partial charge in [0.05, 0.1) is 6.10 Å². The van der Waals surface area contributed by atoms with E-state index in [-0.39, 0.29) is 11.6 Å². The molecule has 0 spiro atoms. The molecule has 0 amide bonds. The molecule has 4 rings (SSSR count). The summed E-state index contributed by atoms with van der Waals surface area (Å²) < 4.78 is 0. The minimum absolute atomic E-state index is 0.0528. The molecule has 4 fully saturated rings. The molecule has 3 heteroatoms. The zero-order chi connectivity index (χ0) is 17.9. The van der Waals surface area contributed by atoms with E-state index in [9.17, 15) is 5.11 Å². The van der Waals surface area contributed by atoms with Gasteiger partial charge in [0.15, 0.2) is 0 Å². The molecule has 0 aliphatic carbocycles. The highest BCUT2D eigenvalue weighted by Gasteiger charge is 2.49. The first kappa shape index (κ1) is 18.7. The van der Waals surface area contributed by atoms with Crippen LogP contribution < -0.4 is 0 Å². The molecule has 6 unspecified atom stereocenters. The van der Waals surface area contributed by atoms with Crippen LogP contribution in [0.5, 0.6) is 0 Å². The van der Waals surface area contributed by atoms with Crippen molar-refractivity contribution in [1.29, 1.82) is 0 Å². The molecule has 0 aromatic rings. The lowest BCUT2D eigenvalue weighted by atomic mass is 9.91. The van der Waals surface area contributed by atoms with E-state index in [0.717, 1.165) is 24.4 Å². The maximum atomic E-state index is 9.71. The summed E-state index contributed by atoms with van der Waals surface area (Å²) >= 11 is 0. The van der Waals surface area contributed by atoms with E-state index >= 15 is 0 Å². The Balaban J connectivity index is 0.000000141. The van der Waals surface area contributed by atoms with Crippen LogP contribution >= 0.6 is 0 Å². The number of aliphatic hydroxyl groups excluding tert-OH is 1. The second-order valence-electron chi connectivity index (χ2n) is 10.8. The highest BCUT2D eigenvalue weighted by Crippen LogP contribution is 2.45. The Kier molecular flexibility index (Phi) is 4.86. The Morgan fingerprint density at radius 2 is 1.17 bits per heavy atom. The average Bonchev–Trinajstić information content (AvgIpc) is 3.12. The van der Waals surface area contributed by atoms with Gasteiger partial charge in [-0.1, -0.05) is 6.92 Å². The quantitative estimate of drug-likeness (QED) is 0.723. The molecule has 0 radical (unpaired) electrons. The third-order valence-electron chi connectivity index (χ3n) is 6.90. The van der Waals surface area contributed by atoms with E-state index in [1.807, 2.05) is 0 Å². The van der Waals surface area contributed by atoms with Gasteiger partial charge in [-0.3, -0.25) is 9.80 Å². The third kappa shape index (κ3) is 3.29. The molecule has 3 nitrogen and oxygen atoms in total. The molecule has 0 aromatic heterocycles. The lowest BCUT2D eigenvalue weighted by Crippen LogP contribution is -2.46. The number of nitrogens with zero attached hydrogens (tertiary/aromatic N) is 2. The van der Waals surface area contributed by atoms with Crippen LogP contribution in [0.2, 0.25) is 0 Å². The van der Waals surface area contributed by atoms with Gasteiger partial charge in [-0.2, -0.15) is 0 Å². The van der Waals surface area contributed by atoms with E-state index < -0.39 is 0 Å². The van der Waals surface area contributed by atoms with E-state index in [2.05, 4.69) is 58.3 Å².